The van der Waals surface area contributed by atoms with Gasteiger partial charge in [0, 0.05) is 22.6 Å². The first kappa shape index (κ1) is 21.1. The lowest BCUT2D eigenvalue weighted by Gasteiger charge is -2.10. The second kappa shape index (κ2) is 8.99. The van der Waals surface area contributed by atoms with E-state index in [0.717, 1.165) is 17.0 Å². The molecule has 33 heavy (non-hydrogen) atoms. The second-order valence-corrected chi connectivity index (χ2v) is 8.24. The summed E-state index contributed by atoms with van der Waals surface area (Å²) in [5, 5.41) is 9.29. The molecule has 0 saturated carbocycles. The van der Waals surface area contributed by atoms with E-state index in [9.17, 15) is 8.78 Å². The largest absolute Gasteiger partial charge is 0.441 e. The van der Waals surface area contributed by atoms with Gasteiger partial charge in [-0.25, -0.2) is 13.8 Å². The predicted molar refractivity (Wildman–Crippen MR) is 123 cm³/mol. The van der Waals surface area contributed by atoms with Crippen molar-refractivity contribution < 1.29 is 13.2 Å². The molecule has 0 unspecified atom stereocenters. The van der Waals surface area contributed by atoms with Crippen molar-refractivity contribution in [2.75, 3.05) is 0 Å². The van der Waals surface area contributed by atoms with Crippen LogP contribution in [0.5, 0.6) is 0 Å². The van der Waals surface area contributed by atoms with E-state index in [4.69, 9.17) is 4.42 Å². The van der Waals surface area contributed by atoms with Crippen LogP contribution >= 0.6 is 11.8 Å². The number of rotatable bonds is 6. The Kier molecular flexibility index (Phi) is 5.75. The molecule has 8 heteroatoms. The summed E-state index contributed by atoms with van der Waals surface area (Å²) in [7, 11) is 0. The molecular formula is C25H18F2N4OS. The molecule has 5 rings (SSSR count). The van der Waals surface area contributed by atoms with Crippen LogP contribution in [0.2, 0.25) is 0 Å². The maximum absolute atomic E-state index is 13.5. The van der Waals surface area contributed by atoms with Crippen molar-refractivity contribution in [3.63, 3.8) is 0 Å². The zero-order valence-corrected chi connectivity index (χ0v) is 18.4. The molecule has 0 N–H and O–H groups in total. The molecular weight excluding hydrogens is 442 g/mol. The van der Waals surface area contributed by atoms with Gasteiger partial charge in [0.05, 0.1) is 5.69 Å². The molecule has 0 aliphatic rings. The van der Waals surface area contributed by atoms with Crippen LogP contribution in [0.1, 0.15) is 11.5 Å². The Labute approximate surface area is 193 Å². The van der Waals surface area contributed by atoms with Crippen molar-refractivity contribution in [3.05, 3.63) is 102 Å². The van der Waals surface area contributed by atoms with Crippen molar-refractivity contribution in [2.45, 2.75) is 17.8 Å². The van der Waals surface area contributed by atoms with Crippen molar-refractivity contribution in [3.8, 4) is 28.5 Å². The van der Waals surface area contributed by atoms with Crippen LogP contribution in [-0.2, 0) is 5.75 Å². The molecule has 0 atom stereocenters. The first-order chi connectivity index (χ1) is 16.1. The number of benzene rings is 3. The van der Waals surface area contributed by atoms with Gasteiger partial charge < -0.3 is 4.42 Å². The van der Waals surface area contributed by atoms with Crippen molar-refractivity contribution >= 4 is 11.8 Å². The standard InChI is InChI=1S/C25H18F2N4OS/c1-16-22(28-24(32-16)18-5-3-2-4-6-18)15-33-25-30-29-23(17-7-9-19(26)10-8-17)31(25)21-13-11-20(27)12-14-21/h2-14H,15H2,1H3. The van der Waals surface area contributed by atoms with Crippen LogP contribution in [0, 0.1) is 18.6 Å². The van der Waals surface area contributed by atoms with Gasteiger partial charge in [0.1, 0.15) is 17.4 Å². The highest BCUT2D eigenvalue weighted by Crippen LogP contribution is 2.31. The van der Waals surface area contributed by atoms with E-state index in [1.54, 1.807) is 24.3 Å². The van der Waals surface area contributed by atoms with Crippen LogP contribution < -0.4 is 0 Å². The minimum absolute atomic E-state index is 0.336. The summed E-state index contributed by atoms with van der Waals surface area (Å²) in [5.74, 6) is 1.66. The highest BCUT2D eigenvalue weighted by Gasteiger charge is 2.18. The summed E-state index contributed by atoms with van der Waals surface area (Å²) in [6.07, 6.45) is 0. The van der Waals surface area contributed by atoms with Gasteiger partial charge in [0.25, 0.3) is 0 Å². The summed E-state index contributed by atoms with van der Waals surface area (Å²) in [4.78, 5) is 4.65. The molecule has 0 spiro atoms. The molecule has 0 amide bonds. The number of nitrogens with zero attached hydrogens (tertiary/aromatic N) is 4. The highest BCUT2D eigenvalue weighted by atomic mass is 32.2. The summed E-state index contributed by atoms with van der Waals surface area (Å²) in [5.41, 5.74) is 3.11. The molecule has 0 aliphatic heterocycles. The number of aryl methyl sites for hydroxylation is 1. The van der Waals surface area contributed by atoms with E-state index in [1.807, 2.05) is 41.8 Å². The van der Waals surface area contributed by atoms with Gasteiger partial charge in [-0.05, 0) is 67.6 Å². The van der Waals surface area contributed by atoms with Crippen LogP contribution in [0.25, 0.3) is 28.5 Å². The zero-order chi connectivity index (χ0) is 22.8. The Bertz CT molecular complexity index is 1380. The van der Waals surface area contributed by atoms with Gasteiger partial charge in [0.2, 0.25) is 5.89 Å². The smallest absolute Gasteiger partial charge is 0.226 e. The molecule has 5 nitrogen and oxygen atoms in total. The minimum atomic E-state index is -0.337. The van der Waals surface area contributed by atoms with Gasteiger partial charge in [-0.15, -0.1) is 10.2 Å². The molecule has 0 bridgehead atoms. The van der Waals surface area contributed by atoms with E-state index in [-0.39, 0.29) is 11.6 Å². The highest BCUT2D eigenvalue weighted by molar-refractivity contribution is 7.98. The topological polar surface area (TPSA) is 56.7 Å². The normalized spacial score (nSPS) is 11.1. The van der Waals surface area contributed by atoms with Crippen molar-refractivity contribution in [1.29, 1.82) is 0 Å². The summed E-state index contributed by atoms with van der Waals surface area (Å²) < 4.78 is 34.7. The number of hydrogen-bond donors (Lipinski definition) is 0. The van der Waals surface area contributed by atoms with Crippen LogP contribution in [-0.4, -0.2) is 19.7 Å². The average Bonchev–Trinajstić information content (AvgIpc) is 3.43. The fourth-order valence-electron chi connectivity index (χ4n) is 3.37. The Morgan fingerprint density at radius 3 is 2.18 bits per heavy atom. The number of halogens is 2. The first-order valence-electron chi connectivity index (χ1n) is 10.2. The fraction of sp³-hybridized carbons (Fsp3) is 0.0800. The summed E-state index contributed by atoms with van der Waals surface area (Å²) >= 11 is 1.44. The molecule has 2 heterocycles. The Morgan fingerprint density at radius 2 is 1.48 bits per heavy atom. The lowest BCUT2D eigenvalue weighted by molar-refractivity contribution is 0.540. The molecule has 2 aromatic heterocycles. The maximum Gasteiger partial charge on any atom is 0.226 e. The Balaban J connectivity index is 1.48. The quantitative estimate of drug-likeness (QED) is 0.272. The predicted octanol–water partition coefficient (Wildman–Crippen LogP) is 6.47. The van der Waals surface area contributed by atoms with Gasteiger partial charge in [-0.3, -0.25) is 4.57 Å². The van der Waals surface area contributed by atoms with Crippen LogP contribution in [0.4, 0.5) is 8.78 Å². The van der Waals surface area contributed by atoms with Gasteiger partial charge in [0.15, 0.2) is 11.0 Å². The van der Waals surface area contributed by atoms with E-state index in [1.165, 1.54) is 36.0 Å². The average molecular weight is 461 g/mol. The monoisotopic (exact) mass is 460 g/mol. The SMILES string of the molecule is Cc1oc(-c2ccccc2)nc1CSc1nnc(-c2ccc(F)cc2)n1-c1ccc(F)cc1. The number of thioether (sulfide) groups is 1. The minimum Gasteiger partial charge on any atom is -0.441 e. The maximum atomic E-state index is 13.5. The Morgan fingerprint density at radius 1 is 0.818 bits per heavy atom. The molecule has 0 aliphatic carbocycles. The zero-order valence-electron chi connectivity index (χ0n) is 17.6. The van der Waals surface area contributed by atoms with E-state index in [0.29, 0.717) is 33.9 Å². The first-order valence-corrected chi connectivity index (χ1v) is 11.2. The van der Waals surface area contributed by atoms with Gasteiger partial charge in [-0.2, -0.15) is 0 Å². The number of oxazole rings is 1. The second-order valence-electron chi connectivity index (χ2n) is 7.30. The molecule has 5 aromatic rings. The third-order valence-corrected chi connectivity index (χ3v) is 6.01. The molecule has 0 fully saturated rings. The van der Waals surface area contributed by atoms with Crippen LogP contribution in [0.3, 0.4) is 0 Å². The number of aromatic nitrogens is 4. The van der Waals surface area contributed by atoms with E-state index < -0.39 is 0 Å². The molecule has 0 saturated heterocycles. The number of hydrogen-bond acceptors (Lipinski definition) is 5. The molecule has 0 radical (unpaired) electrons. The van der Waals surface area contributed by atoms with Gasteiger partial charge in [-0.1, -0.05) is 30.0 Å². The Hall–Kier alpha value is -3.78. The van der Waals surface area contributed by atoms with Gasteiger partial charge >= 0.3 is 0 Å². The van der Waals surface area contributed by atoms with E-state index >= 15 is 0 Å². The lowest BCUT2D eigenvalue weighted by Crippen LogP contribution is -2.00. The van der Waals surface area contributed by atoms with Crippen molar-refractivity contribution in [1.82, 2.24) is 19.7 Å². The van der Waals surface area contributed by atoms with E-state index in [2.05, 4.69) is 15.2 Å². The summed E-state index contributed by atoms with van der Waals surface area (Å²) in [6.45, 7) is 1.88. The van der Waals surface area contributed by atoms with Crippen molar-refractivity contribution in [2.24, 2.45) is 0 Å². The molecule has 3 aromatic carbocycles. The third kappa shape index (κ3) is 4.42. The van der Waals surface area contributed by atoms with Crippen LogP contribution in [0.15, 0.2) is 88.4 Å². The summed E-state index contributed by atoms with van der Waals surface area (Å²) in [6, 6.07) is 21.8. The molecule has 164 valence electrons. The fourth-order valence-corrected chi connectivity index (χ4v) is 4.32. The lowest BCUT2D eigenvalue weighted by atomic mass is 10.2. The third-order valence-electron chi connectivity index (χ3n) is 5.07.